The van der Waals surface area contributed by atoms with Crippen LogP contribution in [0.5, 0.6) is 0 Å². The fourth-order valence-electron chi connectivity index (χ4n) is 1.79. The molecule has 0 aromatic heterocycles. The highest BCUT2D eigenvalue weighted by molar-refractivity contribution is 5.92. The molecule has 92 valence electrons. The molecule has 1 fully saturated rings. The van der Waals surface area contributed by atoms with E-state index < -0.39 is 11.6 Å². The number of rotatable bonds is 2. The molecule has 1 rings (SSSR count). The van der Waals surface area contributed by atoms with Gasteiger partial charge in [0.1, 0.15) is 5.54 Å². The smallest absolute Gasteiger partial charge is 0.407 e. The summed E-state index contributed by atoms with van der Waals surface area (Å²) in [6, 6.07) is 0. The van der Waals surface area contributed by atoms with Gasteiger partial charge in [-0.1, -0.05) is 5.16 Å². The number of likely N-dealkylation sites (tertiary alicyclic amines) is 1. The Labute approximate surface area is 94.2 Å². The van der Waals surface area contributed by atoms with Crippen LogP contribution in [0.15, 0.2) is 5.16 Å². The molecule has 0 aromatic carbocycles. The lowest BCUT2D eigenvalue weighted by molar-refractivity contribution is 0.144. The lowest BCUT2D eigenvalue weighted by Gasteiger charge is -2.39. The molecule has 1 aliphatic heterocycles. The van der Waals surface area contributed by atoms with E-state index in [1.807, 2.05) is 7.05 Å². The molecule has 1 aliphatic rings. The van der Waals surface area contributed by atoms with Crippen molar-refractivity contribution in [3.8, 4) is 0 Å². The van der Waals surface area contributed by atoms with Crippen LogP contribution in [0.4, 0.5) is 4.79 Å². The monoisotopic (exact) mass is 230 g/mol. The van der Waals surface area contributed by atoms with Crippen LogP contribution in [0.1, 0.15) is 12.8 Å². The fraction of sp³-hybridized carbons (Fsp3) is 0.778. The predicted octanol–water partition coefficient (Wildman–Crippen LogP) is -0.447. The van der Waals surface area contributed by atoms with Gasteiger partial charge in [0, 0.05) is 13.1 Å². The molecule has 1 amide bonds. The topological polar surface area (TPSA) is 100 Å². The highest BCUT2D eigenvalue weighted by atomic mass is 16.5. The predicted molar refractivity (Wildman–Crippen MR) is 58.4 cm³/mol. The van der Waals surface area contributed by atoms with Gasteiger partial charge in [0.25, 0.3) is 0 Å². The molecule has 0 saturated carbocycles. The Kier molecular flexibility index (Phi) is 3.94. The van der Waals surface area contributed by atoms with Gasteiger partial charge in [0.05, 0.1) is 7.11 Å². The number of ether oxygens (including phenoxy) is 1. The molecule has 0 atom stereocenters. The van der Waals surface area contributed by atoms with Crippen LogP contribution in [0.3, 0.4) is 0 Å². The number of carbonyl (C=O) groups is 1. The average Bonchev–Trinajstić information content (AvgIpc) is 2.31. The van der Waals surface area contributed by atoms with Crippen molar-refractivity contribution in [3.05, 3.63) is 0 Å². The third-order valence-electron chi connectivity index (χ3n) is 2.97. The Bertz CT molecular complexity index is 284. The molecule has 0 bridgehead atoms. The van der Waals surface area contributed by atoms with E-state index in [-0.39, 0.29) is 5.84 Å². The number of nitrogens with zero attached hydrogens (tertiary/aromatic N) is 2. The number of piperidine rings is 1. The van der Waals surface area contributed by atoms with Crippen LogP contribution in [0.2, 0.25) is 0 Å². The van der Waals surface area contributed by atoms with E-state index in [9.17, 15) is 4.79 Å². The molecule has 0 aliphatic carbocycles. The van der Waals surface area contributed by atoms with Gasteiger partial charge in [-0.15, -0.1) is 0 Å². The number of amides is 1. The number of alkyl carbamates (subject to hydrolysis) is 1. The van der Waals surface area contributed by atoms with Gasteiger partial charge in [0.15, 0.2) is 5.84 Å². The molecule has 7 heteroatoms. The van der Waals surface area contributed by atoms with Gasteiger partial charge in [-0.3, -0.25) is 0 Å². The van der Waals surface area contributed by atoms with Gasteiger partial charge in [-0.2, -0.15) is 0 Å². The number of methoxy groups -OCH3 is 1. The molecule has 0 radical (unpaired) electrons. The molecule has 16 heavy (non-hydrogen) atoms. The second-order valence-electron chi connectivity index (χ2n) is 3.99. The quantitative estimate of drug-likeness (QED) is 0.258. The van der Waals surface area contributed by atoms with E-state index >= 15 is 0 Å². The molecule has 1 heterocycles. The summed E-state index contributed by atoms with van der Waals surface area (Å²) in [4.78, 5) is 13.4. The summed E-state index contributed by atoms with van der Waals surface area (Å²) in [6.07, 6.45) is 0.611. The van der Waals surface area contributed by atoms with Gasteiger partial charge in [-0.25, -0.2) is 4.79 Å². The minimum atomic E-state index is -0.797. The summed E-state index contributed by atoms with van der Waals surface area (Å²) in [7, 11) is 3.26. The highest BCUT2D eigenvalue weighted by Gasteiger charge is 2.39. The van der Waals surface area contributed by atoms with Gasteiger partial charge in [-0.05, 0) is 19.9 Å². The Morgan fingerprint density at radius 1 is 1.56 bits per heavy atom. The summed E-state index contributed by atoms with van der Waals surface area (Å²) in [5.74, 6) is 0.0194. The van der Waals surface area contributed by atoms with Crippen LogP contribution >= 0.6 is 0 Å². The molecule has 7 nitrogen and oxygen atoms in total. The number of hydrogen-bond acceptors (Lipinski definition) is 5. The van der Waals surface area contributed by atoms with Crippen LogP contribution in [-0.4, -0.2) is 54.8 Å². The van der Waals surface area contributed by atoms with Crippen molar-refractivity contribution in [3.63, 3.8) is 0 Å². The van der Waals surface area contributed by atoms with Crippen molar-refractivity contribution in [1.82, 2.24) is 10.2 Å². The summed E-state index contributed by atoms with van der Waals surface area (Å²) < 4.78 is 4.54. The van der Waals surface area contributed by atoms with E-state index in [1.54, 1.807) is 0 Å². The Hall–Kier alpha value is -1.50. The Balaban J connectivity index is 2.81. The second-order valence-corrected chi connectivity index (χ2v) is 3.99. The molecular weight excluding hydrogens is 212 g/mol. The first-order valence-electron chi connectivity index (χ1n) is 5.07. The summed E-state index contributed by atoms with van der Waals surface area (Å²) in [6.45, 7) is 1.53. The number of amidine groups is 1. The van der Waals surface area contributed by atoms with Crippen molar-refractivity contribution < 1.29 is 14.7 Å². The average molecular weight is 230 g/mol. The lowest BCUT2D eigenvalue weighted by atomic mass is 9.86. The second kappa shape index (κ2) is 5.02. The first kappa shape index (κ1) is 12.6. The maximum atomic E-state index is 11.2. The van der Waals surface area contributed by atoms with Gasteiger partial charge in [0.2, 0.25) is 0 Å². The Morgan fingerprint density at radius 3 is 2.56 bits per heavy atom. The fourth-order valence-corrected chi connectivity index (χ4v) is 1.79. The Morgan fingerprint density at radius 2 is 2.12 bits per heavy atom. The molecule has 0 unspecified atom stereocenters. The van der Waals surface area contributed by atoms with Crippen molar-refractivity contribution in [2.24, 2.45) is 10.9 Å². The molecular formula is C9H18N4O3. The van der Waals surface area contributed by atoms with Crippen LogP contribution in [0, 0.1) is 0 Å². The van der Waals surface area contributed by atoms with Crippen LogP contribution in [-0.2, 0) is 4.74 Å². The largest absolute Gasteiger partial charge is 0.453 e. The summed E-state index contributed by atoms with van der Waals surface area (Å²) in [5.41, 5.74) is 4.85. The zero-order valence-electron chi connectivity index (χ0n) is 9.56. The third kappa shape index (κ3) is 2.54. The minimum Gasteiger partial charge on any atom is -0.453 e. The zero-order valence-corrected chi connectivity index (χ0v) is 9.56. The number of hydrogen-bond donors (Lipinski definition) is 3. The summed E-state index contributed by atoms with van der Waals surface area (Å²) >= 11 is 0. The first-order valence-corrected chi connectivity index (χ1v) is 5.07. The first-order chi connectivity index (χ1) is 7.54. The molecule has 0 aromatic rings. The number of carbonyl (C=O) groups excluding carboxylic acids is 1. The van der Waals surface area contributed by atoms with Gasteiger partial charge < -0.3 is 25.9 Å². The van der Waals surface area contributed by atoms with E-state index in [0.29, 0.717) is 12.8 Å². The van der Waals surface area contributed by atoms with Crippen LogP contribution in [0.25, 0.3) is 0 Å². The van der Waals surface area contributed by atoms with E-state index in [1.165, 1.54) is 7.11 Å². The maximum absolute atomic E-state index is 11.2. The van der Waals surface area contributed by atoms with Crippen LogP contribution < -0.4 is 11.1 Å². The van der Waals surface area contributed by atoms with Crippen molar-refractivity contribution in [2.45, 2.75) is 18.4 Å². The standard InChI is InChI=1S/C9H18N4O3/c1-13-5-3-9(4-6-13,7(10)12-15)11-8(14)16-2/h15H,3-6H2,1-2H3,(H2,10,12)(H,11,14). The van der Waals surface area contributed by atoms with E-state index in [4.69, 9.17) is 10.9 Å². The van der Waals surface area contributed by atoms with E-state index in [2.05, 4.69) is 20.1 Å². The number of nitrogens with two attached hydrogens (primary N) is 1. The normalized spacial score (nSPS) is 21.5. The highest BCUT2D eigenvalue weighted by Crippen LogP contribution is 2.22. The third-order valence-corrected chi connectivity index (χ3v) is 2.97. The minimum absolute atomic E-state index is 0.0194. The lowest BCUT2D eigenvalue weighted by Crippen LogP contribution is -2.62. The maximum Gasteiger partial charge on any atom is 0.407 e. The zero-order chi connectivity index (χ0) is 12.2. The SMILES string of the molecule is COC(=O)NC1(/C(N)=N/O)CCN(C)CC1. The molecule has 1 saturated heterocycles. The number of nitrogens with one attached hydrogen (secondary N) is 1. The van der Waals surface area contributed by atoms with E-state index in [0.717, 1.165) is 13.1 Å². The molecule has 0 spiro atoms. The van der Waals surface area contributed by atoms with Gasteiger partial charge >= 0.3 is 6.09 Å². The van der Waals surface area contributed by atoms with Crippen molar-refractivity contribution >= 4 is 11.9 Å². The molecule has 4 N–H and O–H groups in total. The van der Waals surface area contributed by atoms with Crippen molar-refractivity contribution in [2.75, 3.05) is 27.2 Å². The number of oxime groups is 1. The summed E-state index contributed by atoms with van der Waals surface area (Å²) in [5, 5.41) is 14.4. The van der Waals surface area contributed by atoms with Crippen molar-refractivity contribution in [1.29, 1.82) is 0 Å².